The predicted octanol–water partition coefficient (Wildman–Crippen LogP) is 16.7. The molecule has 0 unspecified atom stereocenters. The molecule has 0 spiro atoms. The van der Waals surface area contributed by atoms with Crippen LogP contribution in [0.2, 0.25) is 0 Å². The Labute approximate surface area is 393 Å². The number of fused-ring (bicyclic) bond motifs is 2. The number of rotatable bonds is 6. The van der Waals surface area contributed by atoms with Crippen LogP contribution >= 0.6 is 0 Å². The number of aromatic nitrogens is 3. The first-order chi connectivity index (χ1) is 31.0. The number of phenolic OH excluding ortho intramolecular Hbond substituents is 1. The summed E-state index contributed by atoms with van der Waals surface area (Å²) in [6.07, 6.45) is 4.14. The molecule has 1 aliphatic rings. The van der Waals surface area contributed by atoms with Gasteiger partial charge in [0.2, 0.25) is 0 Å². The molecule has 66 heavy (non-hydrogen) atoms. The lowest BCUT2D eigenvalue weighted by Gasteiger charge is -2.42. The number of para-hydroxylation sites is 1. The SMILES string of the molecule is CC(C)(C)c1cc(-c2cc(-c3ccccc3)ccn2)cc(-c2cccc3c2nc(-c2cc(C(C)(C)C)cc(C(C)(C)C)c2O)n3-c2cc3c(cc2-c2ccccc2)C(C)(C)CCC3(C)C)c1. The second-order valence-electron chi connectivity index (χ2n) is 23.3. The van der Waals surface area contributed by atoms with E-state index in [0.717, 1.165) is 96.7 Å². The van der Waals surface area contributed by atoms with Gasteiger partial charge in [0, 0.05) is 28.5 Å². The largest absolute Gasteiger partial charge is 0.507 e. The van der Waals surface area contributed by atoms with Crippen molar-refractivity contribution in [2.75, 3.05) is 0 Å². The van der Waals surface area contributed by atoms with Gasteiger partial charge in [0.15, 0.2) is 0 Å². The lowest BCUT2D eigenvalue weighted by Crippen LogP contribution is -2.34. The second-order valence-corrected chi connectivity index (χ2v) is 23.3. The minimum atomic E-state index is -0.325. The van der Waals surface area contributed by atoms with Crippen LogP contribution in [0.3, 0.4) is 0 Å². The molecular formula is C62H67N3O. The lowest BCUT2D eigenvalue weighted by molar-refractivity contribution is 0.332. The molecule has 0 saturated heterocycles. The number of hydrogen-bond donors (Lipinski definition) is 1. The summed E-state index contributed by atoms with van der Waals surface area (Å²) in [6, 6.07) is 48.5. The van der Waals surface area contributed by atoms with E-state index in [1.54, 1.807) is 0 Å². The molecule has 2 heterocycles. The third-order valence-electron chi connectivity index (χ3n) is 14.3. The number of aromatic hydroxyl groups is 1. The maximum atomic E-state index is 12.7. The zero-order valence-electron chi connectivity index (χ0n) is 41.5. The van der Waals surface area contributed by atoms with Crippen LogP contribution in [0.4, 0.5) is 0 Å². The quantitative estimate of drug-likeness (QED) is 0.181. The molecule has 4 heteroatoms. The van der Waals surface area contributed by atoms with Crippen LogP contribution in [0.1, 0.15) is 131 Å². The molecule has 8 aromatic rings. The van der Waals surface area contributed by atoms with Crippen molar-refractivity contribution in [2.24, 2.45) is 0 Å². The number of pyridine rings is 1. The fraction of sp³-hybridized carbons (Fsp3) is 0.323. The van der Waals surface area contributed by atoms with E-state index in [0.29, 0.717) is 0 Å². The van der Waals surface area contributed by atoms with Crippen molar-refractivity contribution in [1.29, 1.82) is 0 Å². The Morgan fingerprint density at radius 3 is 1.71 bits per heavy atom. The Balaban J connectivity index is 1.40. The standard InChI is InChI=1S/C62H67N3O/c1-58(2,3)44-32-42(31-43(33-44)52-34-41(27-30-63-52)39-21-16-14-17-22-39)46-25-20-26-53-55(46)64-57(48-35-45(59(4,5)6)36-51(56(48)66)60(7,8)9)65(53)54-38-50-49(61(10,11)28-29-62(50,12)13)37-47(54)40-23-18-15-19-24-40/h14-27,30-38,66H,28-29H2,1-13H3. The molecule has 1 N–H and O–H groups in total. The minimum absolute atomic E-state index is 0.00604. The van der Waals surface area contributed by atoms with E-state index < -0.39 is 0 Å². The highest BCUT2D eigenvalue weighted by molar-refractivity contribution is 5.98. The predicted molar refractivity (Wildman–Crippen MR) is 279 cm³/mol. The Bertz CT molecular complexity index is 3130. The van der Waals surface area contributed by atoms with Crippen LogP contribution in [0, 0.1) is 0 Å². The highest BCUT2D eigenvalue weighted by atomic mass is 16.3. The monoisotopic (exact) mass is 870 g/mol. The summed E-state index contributed by atoms with van der Waals surface area (Å²) < 4.78 is 2.37. The van der Waals surface area contributed by atoms with E-state index >= 15 is 0 Å². The van der Waals surface area contributed by atoms with Crippen molar-refractivity contribution in [3.63, 3.8) is 0 Å². The van der Waals surface area contributed by atoms with Crippen molar-refractivity contribution in [1.82, 2.24) is 14.5 Å². The molecule has 4 nitrogen and oxygen atoms in total. The van der Waals surface area contributed by atoms with Gasteiger partial charge in [0.25, 0.3) is 0 Å². The Kier molecular flexibility index (Phi) is 10.9. The number of hydrogen-bond acceptors (Lipinski definition) is 3. The Hall–Kier alpha value is -6.26. The molecule has 0 radical (unpaired) electrons. The zero-order valence-corrected chi connectivity index (χ0v) is 41.5. The average Bonchev–Trinajstić information content (AvgIpc) is 3.66. The molecule has 0 aliphatic heterocycles. The number of nitrogens with zero attached hydrogens (tertiary/aromatic N) is 3. The molecule has 1 aliphatic carbocycles. The van der Waals surface area contributed by atoms with Crippen LogP contribution in [0.5, 0.6) is 5.75 Å². The molecule has 6 aromatic carbocycles. The molecule has 0 bridgehead atoms. The van der Waals surface area contributed by atoms with Gasteiger partial charge in [-0.2, -0.15) is 0 Å². The van der Waals surface area contributed by atoms with Crippen molar-refractivity contribution >= 4 is 11.0 Å². The van der Waals surface area contributed by atoms with Gasteiger partial charge in [-0.05, 0) is 133 Å². The molecule has 0 fully saturated rings. The third-order valence-corrected chi connectivity index (χ3v) is 14.3. The maximum absolute atomic E-state index is 12.7. The van der Waals surface area contributed by atoms with E-state index in [-0.39, 0.29) is 32.8 Å². The van der Waals surface area contributed by atoms with E-state index in [1.807, 2.05) is 6.20 Å². The molecule has 336 valence electrons. The molecule has 2 aromatic heterocycles. The molecular weight excluding hydrogens is 803 g/mol. The minimum Gasteiger partial charge on any atom is -0.507 e. The fourth-order valence-corrected chi connectivity index (χ4v) is 9.97. The summed E-state index contributed by atoms with van der Waals surface area (Å²) in [5.74, 6) is 0.997. The van der Waals surface area contributed by atoms with Crippen molar-refractivity contribution in [3.8, 4) is 67.5 Å². The first kappa shape index (κ1) is 44.9. The fourth-order valence-electron chi connectivity index (χ4n) is 9.97. The van der Waals surface area contributed by atoms with E-state index in [1.165, 1.54) is 16.7 Å². The molecule has 9 rings (SSSR count). The van der Waals surface area contributed by atoms with Crippen LogP contribution in [0.25, 0.3) is 72.7 Å². The lowest BCUT2D eigenvalue weighted by atomic mass is 9.62. The Morgan fingerprint density at radius 1 is 0.500 bits per heavy atom. The molecule has 0 amide bonds. The van der Waals surface area contributed by atoms with Gasteiger partial charge in [-0.25, -0.2) is 4.98 Å². The van der Waals surface area contributed by atoms with Crippen LogP contribution < -0.4 is 0 Å². The van der Waals surface area contributed by atoms with E-state index in [2.05, 4.69) is 228 Å². The van der Waals surface area contributed by atoms with Crippen molar-refractivity contribution in [3.05, 3.63) is 167 Å². The summed E-state index contributed by atoms with van der Waals surface area (Å²) in [4.78, 5) is 10.8. The average molecular weight is 870 g/mol. The smallest absolute Gasteiger partial charge is 0.149 e. The zero-order chi connectivity index (χ0) is 47.1. The van der Waals surface area contributed by atoms with Gasteiger partial charge < -0.3 is 5.11 Å². The highest BCUT2D eigenvalue weighted by Gasteiger charge is 2.39. The van der Waals surface area contributed by atoms with Gasteiger partial charge in [0.05, 0.1) is 28.0 Å². The summed E-state index contributed by atoms with van der Waals surface area (Å²) in [5.41, 5.74) is 17.7. The number of benzene rings is 6. The Morgan fingerprint density at radius 2 is 1.09 bits per heavy atom. The van der Waals surface area contributed by atoms with Gasteiger partial charge >= 0.3 is 0 Å². The van der Waals surface area contributed by atoms with Crippen LogP contribution in [0.15, 0.2) is 140 Å². The van der Waals surface area contributed by atoms with Crippen molar-refractivity contribution < 1.29 is 5.11 Å². The molecule has 0 atom stereocenters. The topological polar surface area (TPSA) is 50.9 Å². The third kappa shape index (κ3) is 8.18. The summed E-state index contributed by atoms with van der Waals surface area (Å²) in [6.45, 7) is 29.7. The van der Waals surface area contributed by atoms with Gasteiger partial charge in [-0.15, -0.1) is 0 Å². The summed E-state index contributed by atoms with van der Waals surface area (Å²) in [7, 11) is 0. The normalized spacial score (nSPS) is 14.9. The summed E-state index contributed by atoms with van der Waals surface area (Å²) >= 11 is 0. The maximum Gasteiger partial charge on any atom is 0.149 e. The second kappa shape index (κ2) is 16.0. The van der Waals surface area contributed by atoms with Crippen LogP contribution in [-0.2, 0) is 27.1 Å². The first-order valence-electron chi connectivity index (χ1n) is 23.8. The van der Waals surface area contributed by atoms with E-state index in [9.17, 15) is 5.11 Å². The summed E-state index contributed by atoms with van der Waals surface area (Å²) in [5, 5.41) is 12.7. The van der Waals surface area contributed by atoms with Crippen LogP contribution in [-0.4, -0.2) is 19.6 Å². The highest BCUT2D eigenvalue weighted by Crippen LogP contribution is 2.51. The van der Waals surface area contributed by atoms with Gasteiger partial charge in [-0.3, -0.25) is 9.55 Å². The van der Waals surface area contributed by atoms with E-state index in [4.69, 9.17) is 9.97 Å². The van der Waals surface area contributed by atoms with Gasteiger partial charge in [-0.1, -0.05) is 175 Å². The van der Waals surface area contributed by atoms with Crippen molar-refractivity contribution in [2.45, 2.75) is 130 Å². The number of phenols is 1. The van der Waals surface area contributed by atoms with Gasteiger partial charge in [0.1, 0.15) is 11.6 Å². The molecule has 0 saturated carbocycles. The first-order valence-corrected chi connectivity index (χ1v) is 23.8. The number of imidazole rings is 1.